The molecule has 0 saturated heterocycles. The predicted molar refractivity (Wildman–Crippen MR) is 81.5 cm³/mol. The number of hydrogen-bond donors (Lipinski definition) is 0. The lowest BCUT2D eigenvalue weighted by Gasteiger charge is -2.09. The van der Waals surface area contributed by atoms with E-state index in [1.807, 2.05) is 0 Å². The van der Waals surface area contributed by atoms with Crippen molar-refractivity contribution in [3.8, 4) is 0 Å². The Morgan fingerprint density at radius 1 is 0.842 bits per heavy atom. The van der Waals surface area contributed by atoms with Gasteiger partial charge in [0.05, 0.1) is 0 Å². The van der Waals surface area contributed by atoms with Crippen LogP contribution in [0.3, 0.4) is 0 Å². The van der Waals surface area contributed by atoms with E-state index in [1.54, 1.807) is 11.1 Å². The maximum Gasteiger partial charge on any atom is -0.0241 e. The quantitative estimate of drug-likeness (QED) is 0.744. The standard InChI is InChI=1S/C19H22/c1-2-5-15-8-10-16(11-9-15)12-17-13-18-6-3-4-7-19(18)14-17/h3-4,6-11,17H,2,5,12-14H2,1H3. The summed E-state index contributed by atoms with van der Waals surface area (Å²) in [4.78, 5) is 0. The van der Waals surface area contributed by atoms with E-state index in [0.29, 0.717) is 0 Å². The van der Waals surface area contributed by atoms with E-state index in [-0.39, 0.29) is 0 Å². The van der Waals surface area contributed by atoms with Crippen LogP contribution in [-0.4, -0.2) is 0 Å². The van der Waals surface area contributed by atoms with Crippen LogP contribution in [0, 0.1) is 5.92 Å². The van der Waals surface area contributed by atoms with E-state index in [0.717, 1.165) is 5.92 Å². The van der Waals surface area contributed by atoms with Crippen LogP contribution in [0.25, 0.3) is 0 Å². The molecule has 19 heavy (non-hydrogen) atoms. The first-order valence-corrected chi connectivity index (χ1v) is 7.49. The Morgan fingerprint density at radius 2 is 1.42 bits per heavy atom. The van der Waals surface area contributed by atoms with Gasteiger partial charge >= 0.3 is 0 Å². The third-order valence-corrected chi connectivity index (χ3v) is 4.22. The van der Waals surface area contributed by atoms with Gasteiger partial charge in [-0.1, -0.05) is 61.9 Å². The SMILES string of the molecule is CCCc1ccc(CC2Cc3ccccc3C2)cc1. The minimum absolute atomic E-state index is 0.800. The third kappa shape index (κ3) is 2.89. The van der Waals surface area contributed by atoms with Crippen LogP contribution >= 0.6 is 0 Å². The predicted octanol–water partition coefficient (Wildman–Crippen LogP) is 4.60. The van der Waals surface area contributed by atoms with Crippen molar-refractivity contribution < 1.29 is 0 Å². The van der Waals surface area contributed by atoms with Crippen LogP contribution in [0.2, 0.25) is 0 Å². The second kappa shape index (κ2) is 5.61. The Labute approximate surface area is 116 Å². The summed E-state index contributed by atoms with van der Waals surface area (Å²) in [7, 11) is 0. The summed E-state index contributed by atoms with van der Waals surface area (Å²) < 4.78 is 0. The first-order chi connectivity index (χ1) is 9.35. The number of aryl methyl sites for hydroxylation is 1. The summed E-state index contributed by atoms with van der Waals surface area (Å²) in [5, 5.41) is 0. The average Bonchev–Trinajstić information content (AvgIpc) is 2.83. The summed E-state index contributed by atoms with van der Waals surface area (Å²) in [6.07, 6.45) is 6.17. The number of benzene rings is 2. The van der Waals surface area contributed by atoms with E-state index in [2.05, 4.69) is 55.5 Å². The van der Waals surface area contributed by atoms with Crippen molar-refractivity contribution in [2.24, 2.45) is 5.92 Å². The van der Waals surface area contributed by atoms with Crippen LogP contribution in [0.4, 0.5) is 0 Å². The molecule has 3 rings (SSSR count). The minimum atomic E-state index is 0.800. The third-order valence-electron chi connectivity index (χ3n) is 4.22. The molecule has 0 amide bonds. The highest BCUT2D eigenvalue weighted by atomic mass is 14.2. The second-order valence-corrected chi connectivity index (χ2v) is 5.81. The molecule has 0 spiro atoms. The van der Waals surface area contributed by atoms with E-state index in [4.69, 9.17) is 0 Å². The number of rotatable bonds is 4. The molecule has 0 N–H and O–H groups in total. The molecule has 0 heterocycles. The van der Waals surface area contributed by atoms with Crippen molar-refractivity contribution in [1.29, 1.82) is 0 Å². The molecule has 0 radical (unpaired) electrons. The Hall–Kier alpha value is -1.56. The summed E-state index contributed by atoms with van der Waals surface area (Å²) in [6, 6.07) is 18.2. The molecule has 0 unspecified atom stereocenters. The van der Waals surface area contributed by atoms with Crippen LogP contribution < -0.4 is 0 Å². The lowest BCUT2D eigenvalue weighted by Crippen LogP contribution is -2.04. The van der Waals surface area contributed by atoms with Gasteiger partial charge in [0.1, 0.15) is 0 Å². The largest absolute Gasteiger partial charge is 0.0651 e. The molecule has 1 aliphatic rings. The van der Waals surface area contributed by atoms with Gasteiger partial charge in [0, 0.05) is 0 Å². The summed E-state index contributed by atoms with van der Waals surface area (Å²) in [5.41, 5.74) is 6.10. The molecule has 0 heteroatoms. The molecular weight excluding hydrogens is 228 g/mol. The molecule has 0 bridgehead atoms. The molecular formula is C19H22. The molecule has 98 valence electrons. The summed E-state index contributed by atoms with van der Waals surface area (Å²) >= 11 is 0. The highest BCUT2D eigenvalue weighted by molar-refractivity contribution is 5.33. The molecule has 0 nitrogen and oxygen atoms in total. The Kier molecular flexibility index (Phi) is 3.68. The monoisotopic (exact) mass is 250 g/mol. The lowest BCUT2D eigenvalue weighted by atomic mass is 9.95. The van der Waals surface area contributed by atoms with Gasteiger partial charge in [-0.05, 0) is 53.9 Å². The minimum Gasteiger partial charge on any atom is -0.0651 e. The summed E-state index contributed by atoms with van der Waals surface area (Å²) in [6.45, 7) is 2.24. The molecule has 0 atom stereocenters. The van der Waals surface area contributed by atoms with Crippen molar-refractivity contribution in [2.45, 2.75) is 39.0 Å². The van der Waals surface area contributed by atoms with Gasteiger partial charge < -0.3 is 0 Å². The Balaban J connectivity index is 1.64. The molecule has 0 aliphatic heterocycles. The lowest BCUT2D eigenvalue weighted by molar-refractivity contribution is 0.559. The zero-order valence-electron chi connectivity index (χ0n) is 11.7. The van der Waals surface area contributed by atoms with Crippen LogP contribution in [0.1, 0.15) is 35.6 Å². The fourth-order valence-electron chi connectivity index (χ4n) is 3.26. The zero-order valence-corrected chi connectivity index (χ0v) is 11.7. The molecule has 1 aliphatic carbocycles. The Bertz CT molecular complexity index is 511. The van der Waals surface area contributed by atoms with Crippen molar-refractivity contribution in [3.63, 3.8) is 0 Å². The molecule has 0 aromatic heterocycles. The van der Waals surface area contributed by atoms with Gasteiger partial charge in [0.15, 0.2) is 0 Å². The van der Waals surface area contributed by atoms with E-state index >= 15 is 0 Å². The number of hydrogen-bond acceptors (Lipinski definition) is 0. The van der Waals surface area contributed by atoms with Gasteiger partial charge in [-0.25, -0.2) is 0 Å². The van der Waals surface area contributed by atoms with E-state index in [9.17, 15) is 0 Å². The highest BCUT2D eigenvalue weighted by Crippen LogP contribution is 2.28. The van der Waals surface area contributed by atoms with Gasteiger partial charge in [-0.2, -0.15) is 0 Å². The first kappa shape index (κ1) is 12.5. The van der Waals surface area contributed by atoms with Gasteiger partial charge in [0.25, 0.3) is 0 Å². The number of fused-ring (bicyclic) bond motifs is 1. The van der Waals surface area contributed by atoms with E-state index < -0.39 is 0 Å². The maximum atomic E-state index is 2.33. The van der Waals surface area contributed by atoms with Gasteiger partial charge in [-0.15, -0.1) is 0 Å². The van der Waals surface area contributed by atoms with Crippen LogP contribution in [0.15, 0.2) is 48.5 Å². The van der Waals surface area contributed by atoms with Crippen LogP contribution in [0.5, 0.6) is 0 Å². The van der Waals surface area contributed by atoms with Crippen molar-refractivity contribution in [1.82, 2.24) is 0 Å². The van der Waals surface area contributed by atoms with Crippen molar-refractivity contribution in [3.05, 3.63) is 70.8 Å². The molecule has 2 aromatic rings. The highest BCUT2D eigenvalue weighted by Gasteiger charge is 2.20. The average molecular weight is 250 g/mol. The van der Waals surface area contributed by atoms with Gasteiger partial charge in [0.2, 0.25) is 0 Å². The molecule has 0 saturated carbocycles. The van der Waals surface area contributed by atoms with Crippen LogP contribution in [-0.2, 0) is 25.7 Å². The summed E-state index contributed by atoms with van der Waals surface area (Å²) in [5.74, 6) is 0.800. The maximum absolute atomic E-state index is 2.33. The van der Waals surface area contributed by atoms with Gasteiger partial charge in [-0.3, -0.25) is 0 Å². The molecule has 0 fully saturated rings. The zero-order chi connectivity index (χ0) is 13.1. The Morgan fingerprint density at radius 3 is 2.00 bits per heavy atom. The smallest absolute Gasteiger partial charge is 0.0241 e. The topological polar surface area (TPSA) is 0 Å². The normalized spacial score (nSPS) is 14.6. The van der Waals surface area contributed by atoms with Crippen molar-refractivity contribution >= 4 is 0 Å². The first-order valence-electron chi connectivity index (χ1n) is 7.49. The van der Waals surface area contributed by atoms with E-state index in [1.165, 1.54) is 43.2 Å². The fourth-order valence-corrected chi connectivity index (χ4v) is 3.26. The second-order valence-electron chi connectivity index (χ2n) is 5.81. The molecule has 2 aromatic carbocycles. The van der Waals surface area contributed by atoms with Crippen molar-refractivity contribution in [2.75, 3.05) is 0 Å². The fraction of sp³-hybridized carbons (Fsp3) is 0.368.